The lowest BCUT2D eigenvalue weighted by molar-refractivity contribution is -0.123. The summed E-state index contributed by atoms with van der Waals surface area (Å²) in [6.07, 6.45) is 0.224. The van der Waals surface area contributed by atoms with Gasteiger partial charge in [0.25, 0.3) is 5.91 Å². The van der Waals surface area contributed by atoms with Gasteiger partial charge in [0.05, 0.1) is 5.92 Å². The predicted molar refractivity (Wildman–Crippen MR) is 78.9 cm³/mol. The molecule has 1 aliphatic heterocycles. The fourth-order valence-electron chi connectivity index (χ4n) is 2.23. The van der Waals surface area contributed by atoms with Crippen LogP contribution in [-0.2, 0) is 9.59 Å². The number of anilines is 1. The van der Waals surface area contributed by atoms with Crippen LogP contribution in [0.4, 0.5) is 5.69 Å². The number of carbonyl (C=O) groups is 3. The number of hydrogen-bond donors (Lipinski definition) is 3. The maximum absolute atomic E-state index is 12.1. The Balaban J connectivity index is 2.05. The molecule has 0 spiro atoms. The number of carbonyl (C=O) groups excluding carboxylic acids is 3. The lowest BCUT2D eigenvalue weighted by atomic mass is 10.1. The molecule has 0 bridgehead atoms. The Bertz CT molecular complexity index is 584. The summed E-state index contributed by atoms with van der Waals surface area (Å²) in [5, 5.41) is 8.17. The minimum atomic E-state index is -0.333. The molecule has 0 radical (unpaired) electrons. The van der Waals surface area contributed by atoms with Crippen molar-refractivity contribution in [3.8, 4) is 0 Å². The number of amides is 3. The van der Waals surface area contributed by atoms with E-state index in [1.54, 1.807) is 18.2 Å². The molecule has 1 heterocycles. The number of benzene rings is 1. The molecule has 1 aliphatic rings. The highest BCUT2D eigenvalue weighted by Gasteiger charge is 2.28. The molecule has 3 amide bonds. The van der Waals surface area contributed by atoms with E-state index in [9.17, 15) is 14.4 Å². The average Bonchev–Trinajstić information content (AvgIpc) is 2.88. The van der Waals surface area contributed by atoms with Crippen LogP contribution in [0.15, 0.2) is 18.2 Å². The van der Waals surface area contributed by atoms with Crippen molar-refractivity contribution in [2.45, 2.75) is 20.3 Å². The maximum Gasteiger partial charge on any atom is 0.251 e. The fraction of sp³-hybridized carbons (Fsp3) is 0.400. The lowest BCUT2D eigenvalue weighted by Crippen LogP contribution is -2.25. The summed E-state index contributed by atoms with van der Waals surface area (Å²) >= 11 is 0. The summed E-state index contributed by atoms with van der Waals surface area (Å²) in [6.45, 7) is 4.63. The standard InChI is InChI=1S/C15H19N3O3/c1-3-16-14(20)10-4-5-12(9(2)6-10)18-15(21)11-7-13(19)17-8-11/h4-6,11H,3,7-8H2,1-2H3,(H,16,20)(H,17,19)(H,18,21). The molecule has 1 fully saturated rings. The van der Waals surface area contributed by atoms with Crippen LogP contribution >= 0.6 is 0 Å². The molecule has 6 nitrogen and oxygen atoms in total. The Morgan fingerprint density at radius 2 is 2.14 bits per heavy atom. The third-order valence-electron chi connectivity index (χ3n) is 3.43. The Kier molecular flexibility index (Phi) is 4.57. The van der Waals surface area contributed by atoms with Gasteiger partial charge in [-0.1, -0.05) is 0 Å². The molecule has 0 aromatic heterocycles. The molecule has 6 heteroatoms. The van der Waals surface area contributed by atoms with Crippen molar-refractivity contribution in [1.29, 1.82) is 0 Å². The minimum absolute atomic E-state index is 0.0987. The van der Waals surface area contributed by atoms with E-state index in [-0.39, 0.29) is 30.1 Å². The van der Waals surface area contributed by atoms with Crippen LogP contribution in [0.25, 0.3) is 0 Å². The van der Waals surface area contributed by atoms with Crippen molar-refractivity contribution in [3.05, 3.63) is 29.3 Å². The fourth-order valence-corrected chi connectivity index (χ4v) is 2.23. The first-order chi connectivity index (χ1) is 10.0. The molecule has 0 aliphatic carbocycles. The van der Waals surface area contributed by atoms with Crippen LogP contribution in [-0.4, -0.2) is 30.8 Å². The van der Waals surface area contributed by atoms with Gasteiger partial charge in [-0.25, -0.2) is 0 Å². The Labute approximate surface area is 123 Å². The summed E-state index contributed by atoms with van der Waals surface area (Å²) < 4.78 is 0. The highest BCUT2D eigenvalue weighted by Crippen LogP contribution is 2.19. The summed E-state index contributed by atoms with van der Waals surface area (Å²) in [4.78, 5) is 34.9. The zero-order chi connectivity index (χ0) is 15.4. The highest BCUT2D eigenvalue weighted by molar-refractivity contribution is 5.99. The maximum atomic E-state index is 12.1. The predicted octanol–water partition coefficient (Wildman–Crippen LogP) is 0.819. The molecule has 1 saturated heterocycles. The minimum Gasteiger partial charge on any atom is -0.355 e. The van der Waals surface area contributed by atoms with Gasteiger partial charge in [-0.3, -0.25) is 14.4 Å². The van der Waals surface area contributed by atoms with Gasteiger partial charge in [-0.15, -0.1) is 0 Å². The molecule has 1 atom stereocenters. The van der Waals surface area contributed by atoms with Crippen molar-refractivity contribution in [2.24, 2.45) is 5.92 Å². The van der Waals surface area contributed by atoms with Crippen molar-refractivity contribution in [2.75, 3.05) is 18.4 Å². The van der Waals surface area contributed by atoms with E-state index >= 15 is 0 Å². The number of nitrogens with one attached hydrogen (secondary N) is 3. The van der Waals surface area contributed by atoms with Gasteiger partial charge >= 0.3 is 0 Å². The van der Waals surface area contributed by atoms with Gasteiger partial charge in [-0.05, 0) is 37.6 Å². The number of aryl methyl sites for hydroxylation is 1. The van der Waals surface area contributed by atoms with Gasteiger partial charge in [-0.2, -0.15) is 0 Å². The second kappa shape index (κ2) is 6.39. The van der Waals surface area contributed by atoms with Crippen LogP contribution < -0.4 is 16.0 Å². The molecule has 1 aromatic carbocycles. The van der Waals surface area contributed by atoms with E-state index in [2.05, 4.69) is 16.0 Å². The van der Waals surface area contributed by atoms with Crippen LogP contribution in [0.3, 0.4) is 0 Å². The van der Waals surface area contributed by atoms with Crippen molar-refractivity contribution in [1.82, 2.24) is 10.6 Å². The Morgan fingerprint density at radius 3 is 2.71 bits per heavy atom. The second-order valence-corrected chi connectivity index (χ2v) is 5.08. The summed E-state index contributed by atoms with van der Waals surface area (Å²) in [5.74, 6) is -0.746. The Hall–Kier alpha value is -2.37. The van der Waals surface area contributed by atoms with E-state index < -0.39 is 0 Å². The first-order valence-electron chi connectivity index (χ1n) is 6.97. The first kappa shape index (κ1) is 15.0. The Morgan fingerprint density at radius 1 is 1.38 bits per heavy atom. The third kappa shape index (κ3) is 3.59. The van der Waals surface area contributed by atoms with Crippen molar-refractivity contribution >= 4 is 23.4 Å². The number of hydrogen-bond acceptors (Lipinski definition) is 3. The zero-order valence-corrected chi connectivity index (χ0v) is 12.2. The van der Waals surface area contributed by atoms with Crippen molar-refractivity contribution < 1.29 is 14.4 Å². The van der Waals surface area contributed by atoms with E-state index in [0.717, 1.165) is 5.56 Å². The van der Waals surface area contributed by atoms with Gasteiger partial charge in [0.1, 0.15) is 0 Å². The largest absolute Gasteiger partial charge is 0.355 e. The molecular formula is C15H19N3O3. The molecule has 3 N–H and O–H groups in total. The van der Waals surface area contributed by atoms with Crippen molar-refractivity contribution in [3.63, 3.8) is 0 Å². The highest BCUT2D eigenvalue weighted by atomic mass is 16.2. The molecule has 1 aromatic rings. The molecule has 0 saturated carbocycles. The van der Waals surface area contributed by atoms with Gasteiger partial charge in [0, 0.05) is 30.8 Å². The van der Waals surface area contributed by atoms with Gasteiger partial charge in [0.15, 0.2) is 0 Å². The summed E-state index contributed by atoms with van der Waals surface area (Å²) in [5.41, 5.74) is 2.03. The summed E-state index contributed by atoms with van der Waals surface area (Å²) in [7, 11) is 0. The van der Waals surface area contributed by atoms with E-state index in [1.165, 1.54) is 0 Å². The normalized spacial score (nSPS) is 17.2. The third-order valence-corrected chi connectivity index (χ3v) is 3.43. The summed E-state index contributed by atoms with van der Waals surface area (Å²) in [6, 6.07) is 5.12. The van der Waals surface area contributed by atoms with E-state index in [0.29, 0.717) is 24.3 Å². The van der Waals surface area contributed by atoms with Crippen LogP contribution in [0, 0.1) is 12.8 Å². The van der Waals surface area contributed by atoms with Crippen LogP contribution in [0.1, 0.15) is 29.3 Å². The van der Waals surface area contributed by atoms with Gasteiger partial charge in [0.2, 0.25) is 11.8 Å². The lowest BCUT2D eigenvalue weighted by Gasteiger charge is -2.12. The molecule has 2 rings (SSSR count). The van der Waals surface area contributed by atoms with Gasteiger partial charge < -0.3 is 16.0 Å². The number of rotatable bonds is 4. The molecule has 112 valence electrons. The van der Waals surface area contributed by atoms with Crippen LogP contribution in [0.5, 0.6) is 0 Å². The first-order valence-corrected chi connectivity index (χ1v) is 6.97. The zero-order valence-electron chi connectivity index (χ0n) is 12.2. The monoisotopic (exact) mass is 289 g/mol. The SMILES string of the molecule is CCNC(=O)c1ccc(NC(=O)C2CNC(=O)C2)c(C)c1. The smallest absolute Gasteiger partial charge is 0.251 e. The quantitative estimate of drug-likeness (QED) is 0.767. The van der Waals surface area contributed by atoms with Crippen LogP contribution in [0.2, 0.25) is 0 Å². The molecule has 21 heavy (non-hydrogen) atoms. The van der Waals surface area contributed by atoms with E-state index in [4.69, 9.17) is 0 Å². The molecular weight excluding hydrogens is 270 g/mol. The molecule has 1 unspecified atom stereocenters. The average molecular weight is 289 g/mol. The van der Waals surface area contributed by atoms with E-state index in [1.807, 2.05) is 13.8 Å². The topological polar surface area (TPSA) is 87.3 Å². The second-order valence-electron chi connectivity index (χ2n) is 5.08.